The minimum Gasteiger partial charge on any atom is -0.310 e. The lowest BCUT2D eigenvalue weighted by molar-refractivity contribution is 1.18. The second kappa shape index (κ2) is 14.0. The third-order valence-corrected chi connectivity index (χ3v) is 11.2. The number of benzene rings is 9. The second-order valence-electron chi connectivity index (χ2n) is 14.6. The van der Waals surface area contributed by atoms with Crippen molar-refractivity contribution in [3.63, 3.8) is 0 Å². The lowest BCUT2D eigenvalue weighted by Gasteiger charge is -2.27. The van der Waals surface area contributed by atoms with Crippen molar-refractivity contribution < 1.29 is 0 Å². The van der Waals surface area contributed by atoms with Gasteiger partial charge < -0.3 is 9.47 Å². The van der Waals surface area contributed by atoms with Crippen LogP contribution in [0.25, 0.3) is 82.9 Å². The third-order valence-electron chi connectivity index (χ3n) is 11.2. The van der Waals surface area contributed by atoms with E-state index in [9.17, 15) is 0 Å². The van der Waals surface area contributed by atoms with Crippen LogP contribution >= 0.6 is 0 Å². The number of hydrogen-bond donors (Lipinski definition) is 0. The fourth-order valence-corrected chi connectivity index (χ4v) is 8.50. The highest BCUT2D eigenvalue weighted by molar-refractivity contribution is 6.25. The van der Waals surface area contributed by atoms with E-state index < -0.39 is 0 Å². The number of aromatic nitrogens is 3. The number of fused-ring (bicyclic) bond motifs is 6. The smallest absolute Gasteiger partial charge is 0.160 e. The minimum absolute atomic E-state index is 0.704. The molecule has 0 spiro atoms. The normalized spacial score (nSPS) is 11.4. The van der Waals surface area contributed by atoms with Crippen molar-refractivity contribution in [2.24, 2.45) is 0 Å². The maximum atomic E-state index is 5.26. The number of para-hydroxylation sites is 3. The van der Waals surface area contributed by atoms with Crippen LogP contribution in [0, 0.1) is 0 Å². The van der Waals surface area contributed by atoms with Gasteiger partial charge in [-0.15, -0.1) is 0 Å². The molecule has 0 unspecified atom stereocenters. The Morgan fingerprint density at radius 2 is 0.914 bits per heavy atom. The number of nitrogens with zero attached hydrogens (tertiary/aromatic N) is 4. The van der Waals surface area contributed by atoms with E-state index in [1.54, 1.807) is 0 Å². The Labute approximate surface area is 336 Å². The molecule has 0 N–H and O–H groups in total. The molecule has 0 aliphatic heterocycles. The van der Waals surface area contributed by atoms with Crippen LogP contribution in [0.1, 0.15) is 0 Å². The Morgan fingerprint density at radius 3 is 1.64 bits per heavy atom. The summed E-state index contributed by atoms with van der Waals surface area (Å²) < 4.78 is 2.41. The molecule has 11 aromatic rings. The lowest BCUT2D eigenvalue weighted by Crippen LogP contribution is -2.10. The molecule has 0 aliphatic carbocycles. The van der Waals surface area contributed by atoms with Crippen LogP contribution in [0.5, 0.6) is 0 Å². The molecule has 0 aliphatic rings. The van der Waals surface area contributed by atoms with Gasteiger partial charge in [0.1, 0.15) is 0 Å². The van der Waals surface area contributed by atoms with Crippen LogP contribution in [0.15, 0.2) is 218 Å². The maximum absolute atomic E-state index is 5.26. The van der Waals surface area contributed by atoms with Crippen molar-refractivity contribution in [1.82, 2.24) is 14.5 Å². The Hall–Kier alpha value is -7.82. The molecule has 2 aromatic heterocycles. The van der Waals surface area contributed by atoms with Crippen LogP contribution in [0.3, 0.4) is 0 Å². The average Bonchev–Trinajstić information content (AvgIpc) is 3.64. The van der Waals surface area contributed by atoms with Gasteiger partial charge in [0.2, 0.25) is 0 Å². The highest BCUT2D eigenvalue weighted by Crippen LogP contribution is 2.46. The predicted molar refractivity (Wildman–Crippen MR) is 242 cm³/mol. The Kier molecular flexibility index (Phi) is 8.11. The van der Waals surface area contributed by atoms with Crippen LogP contribution in [0.4, 0.5) is 17.1 Å². The van der Waals surface area contributed by atoms with E-state index in [-0.39, 0.29) is 0 Å². The molecule has 0 saturated heterocycles. The fraction of sp³-hybridized carbons (Fsp3) is 0. The molecule has 0 atom stereocenters. The molecule has 2 heterocycles. The van der Waals surface area contributed by atoms with Gasteiger partial charge in [-0.2, -0.15) is 0 Å². The summed E-state index contributed by atoms with van der Waals surface area (Å²) in [5.74, 6) is 0.704. The van der Waals surface area contributed by atoms with E-state index in [0.29, 0.717) is 5.82 Å². The van der Waals surface area contributed by atoms with Crippen molar-refractivity contribution in [3.8, 4) is 39.5 Å². The molecule has 0 radical (unpaired) electrons. The van der Waals surface area contributed by atoms with E-state index in [4.69, 9.17) is 9.97 Å². The molecule has 0 bridgehead atoms. The summed E-state index contributed by atoms with van der Waals surface area (Å²) in [7, 11) is 0. The van der Waals surface area contributed by atoms with Crippen LogP contribution in [-0.2, 0) is 0 Å². The average molecular weight is 741 g/mol. The van der Waals surface area contributed by atoms with Crippen molar-refractivity contribution >= 4 is 60.5 Å². The molecular formula is C54H36N4. The second-order valence-corrected chi connectivity index (χ2v) is 14.6. The highest BCUT2D eigenvalue weighted by Gasteiger charge is 2.23. The molecule has 11 rings (SSSR count). The Morgan fingerprint density at radius 1 is 0.362 bits per heavy atom. The molecule has 4 nitrogen and oxygen atoms in total. The summed E-state index contributed by atoms with van der Waals surface area (Å²) in [6, 6.07) is 77.5. The zero-order valence-electron chi connectivity index (χ0n) is 31.6. The first-order valence-electron chi connectivity index (χ1n) is 19.7. The van der Waals surface area contributed by atoms with Crippen molar-refractivity contribution in [1.29, 1.82) is 0 Å². The van der Waals surface area contributed by atoms with Crippen LogP contribution in [-0.4, -0.2) is 14.5 Å². The van der Waals surface area contributed by atoms with E-state index in [1.165, 1.54) is 21.9 Å². The SMILES string of the molecule is c1ccc(-c2ccc(N(c3ccccc3)c3cc4c(c5ccccc35)c3cc(-c5nc(-c6ccccc6)c6ccccc6n5)ccc3n4-c3ccccc3)cc2)cc1. The predicted octanol–water partition coefficient (Wildman–Crippen LogP) is 14.4. The first-order chi connectivity index (χ1) is 28.8. The minimum atomic E-state index is 0.704. The van der Waals surface area contributed by atoms with Gasteiger partial charge in [-0.05, 0) is 83.2 Å². The van der Waals surface area contributed by atoms with Crippen molar-refractivity contribution in [2.45, 2.75) is 0 Å². The number of hydrogen-bond acceptors (Lipinski definition) is 3. The Bertz CT molecular complexity index is 3250. The van der Waals surface area contributed by atoms with Crippen molar-refractivity contribution in [3.05, 3.63) is 218 Å². The summed E-state index contributed by atoms with van der Waals surface area (Å²) in [6.45, 7) is 0. The Balaban J connectivity index is 1.18. The van der Waals surface area contributed by atoms with Crippen LogP contribution in [0.2, 0.25) is 0 Å². The number of anilines is 3. The fourth-order valence-electron chi connectivity index (χ4n) is 8.50. The monoisotopic (exact) mass is 740 g/mol. The molecule has 4 heteroatoms. The zero-order valence-corrected chi connectivity index (χ0v) is 31.6. The zero-order chi connectivity index (χ0) is 38.4. The van der Waals surface area contributed by atoms with Gasteiger partial charge in [-0.1, -0.05) is 152 Å². The van der Waals surface area contributed by atoms with Gasteiger partial charge in [0.05, 0.1) is 27.9 Å². The molecular weight excluding hydrogens is 705 g/mol. The maximum Gasteiger partial charge on any atom is 0.160 e. The highest BCUT2D eigenvalue weighted by atomic mass is 15.1. The molecule has 272 valence electrons. The van der Waals surface area contributed by atoms with Gasteiger partial charge in [0.15, 0.2) is 5.82 Å². The first kappa shape index (κ1) is 33.5. The quantitative estimate of drug-likeness (QED) is 0.163. The van der Waals surface area contributed by atoms with E-state index in [0.717, 1.165) is 72.3 Å². The summed E-state index contributed by atoms with van der Waals surface area (Å²) in [6.07, 6.45) is 0. The number of rotatable bonds is 7. The van der Waals surface area contributed by atoms with Gasteiger partial charge in [-0.25, -0.2) is 9.97 Å². The molecule has 0 amide bonds. The van der Waals surface area contributed by atoms with Gasteiger partial charge in [-0.3, -0.25) is 0 Å². The molecule has 0 fully saturated rings. The van der Waals surface area contributed by atoms with Gasteiger partial charge in [0.25, 0.3) is 0 Å². The topological polar surface area (TPSA) is 34.0 Å². The largest absolute Gasteiger partial charge is 0.310 e. The first-order valence-corrected chi connectivity index (χ1v) is 19.7. The third kappa shape index (κ3) is 5.70. The van der Waals surface area contributed by atoms with E-state index in [2.05, 4.69) is 216 Å². The van der Waals surface area contributed by atoms with Gasteiger partial charge >= 0.3 is 0 Å². The summed E-state index contributed by atoms with van der Waals surface area (Å²) in [5, 5.41) is 5.72. The van der Waals surface area contributed by atoms with Gasteiger partial charge in [0, 0.05) is 49.7 Å². The molecule has 9 aromatic carbocycles. The molecule has 58 heavy (non-hydrogen) atoms. The van der Waals surface area contributed by atoms with Crippen molar-refractivity contribution in [2.75, 3.05) is 4.90 Å². The summed E-state index contributed by atoms with van der Waals surface area (Å²) in [5.41, 5.74) is 12.9. The van der Waals surface area contributed by atoms with Crippen LogP contribution < -0.4 is 4.90 Å². The lowest BCUT2D eigenvalue weighted by atomic mass is 9.99. The summed E-state index contributed by atoms with van der Waals surface area (Å²) in [4.78, 5) is 12.8. The standard InChI is InChI=1S/C54H36N4/c1-5-17-37(18-6-1)38-29-32-43(33-30-38)57(41-21-9-3-10-22-41)50-36-51-52(45-26-14-13-25-44(45)50)47-35-40(31-34-49(47)58(51)42-23-11-4-12-24-42)54-55-48-28-16-15-27-46(48)53(56-54)39-19-7-2-8-20-39/h1-36H. The molecule has 0 saturated carbocycles. The summed E-state index contributed by atoms with van der Waals surface area (Å²) >= 11 is 0. The van der Waals surface area contributed by atoms with E-state index >= 15 is 0 Å². The van der Waals surface area contributed by atoms with E-state index in [1.807, 2.05) is 12.1 Å².